The Hall–Kier alpha value is -2.81. The monoisotopic (exact) mass is 484 g/mol. The molecule has 0 unspecified atom stereocenters. The normalized spacial score (nSPS) is 13.0. The Balaban J connectivity index is 2.64. The molecule has 4 N–H and O–H groups in total. The first-order valence-electron chi connectivity index (χ1n) is 10.8. The van der Waals surface area contributed by atoms with Gasteiger partial charge in [-0.25, -0.2) is 0 Å². The third-order valence-corrected chi connectivity index (χ3v) is 5.13. The van der Waals surface area contributed by atoms with E-state index in [1.807, 2.05) is 0 Å². The summed E-state index contributed by atoms with van der Waals surface area (Å²) < 4.78 is 5.61. The second-order valence-corrected chi connectivity index (χ2v) is 9.27. The maximum atomic E-state index is 12.8. The summed E-state index contributed by atoms with van der Waals surface area (Å²) in [5, 5.41) is 23.7. The Bertz CT molecular complexity index is 806. The molecule has 0 saturated heterocycles. The van der Waals surface area contributed by atoms with Crippen molar-refractivity contribution in [1.82, 2.24) is 10.6 Å². The fourth-order valence-corrected chi connectivity index (χ4v) is 3.21. The average molecular weight is 485 g/mol. The van der Waals surface area contributed by atoms with E-state index in [4.69, 9.17) is 21.4 Å². The molecule has 0 aliphatic carbocycles. The number of carboxylic acid groups (broad SMARTS) is 2. The van der Waals surface area contributed by atoms with Crippen molar-refractivity contribution in [1.29, 1.82) is 0 Å². The molecule has 9 nitrogen and oxygen atoms in total. The Morgan fingerprint density at radius 2 is 1.64 bits per heavy atom. The molecule has 0 saturated carbocycles. The minimum atomic E-state index is -1.11. The Morgan fingerprint density at radius 3 is 2.18 bits per heavy atom. The van der Waals surface area contributed by atoms with Crippen LogP contribution in [-0.4, -0.2) is 53.2 Å². The third-order valence-electron chi connectivity index (χ3n) is 4.87. The van der Waals surface area contributed by atoms with E-state index < -0.39 is 41.1 Å². The molecule has 33 heavy (non-hydrogen) atoms. The summed E-state index contributed by atoms with van der Waals surface area (Å²) in [6, 6.07) is 5.98. The molecular weight excluding hydrogens is 452 g/mol. The summed E-state index contributed by atoms with van der Waals surface area (Å²) in [6.45, 7) is 5.61. The zero-order chi connectivity index (χ0) is 25.0. The van der Waals surface area contributed by atoms with Crippen LogP contribution < -0.4 is 15.4 Å². The first-order chi connectivity index (χ1) is 15.4. The van der Waals surface area contributed by atoms with Gasteiger partial charge in [0.2, 0.25) is 11.8 Å². The van der Waals surface area contributed by atoms with E-state index in [0.29, 0.717) is 36.6 Å². The Labute approximate surface area is 198 Å². The summed E-state index contributed by atoms with van der Waals surface area (Å²) in [4.78, 5) is 47.3. The van der Waals surface area contributed by atoms with Gasteiger partial charge in [-0.15, -0.1) is 0 Å². The van der Waals surface area contributed by atoms with Gasteiger partial charge in [-0.05, 0) is 48.9 Å². The van der Waals surface area contributed by atoms with Gasteiger partial charge in [0.05, 0.1) is 19.4 Å². The molecule has 1 aromatic rings. The molecule has 184 valence electrons. The SMILES string of the molecule is CC(C)(C)[C@H](NC(=O)[C@H](CCCCOc1ccc(Cl)cc1)CC(=O)O)C(=O)NCCC(=O)O. The van der Waals surface area contributed by atoms with Crippen molar-refractivity contribution in [3.05, 3.63) is 29.3 Å². The largest absolute Gasteiger partial charge is 0.494 e. The number of aliphatic carboxylic acids is 2. The molecule has 2 atom stereocenters. The molecule has 1 rings (SSSR count). The summed E-state index contributed by atoms with van der Waals surface area (Å²) in [6.07, 6.45) is 0.894. The lowest BCUT2D eigenvalue weighted by Gasteiger charge is -2.31. The van der Waals surface area contributed by atoms with Crippen molar-refractivity contribution in [3.63, 3.8) is 0 Å². The van der Waals surface area contributed by atoms with Crippen molar-refractivity contribution < 1.29 is 34.1 Å². The highest BCUT2D eigenvalue weighted by atomic mass is 35.5. The number of hydrogen-bond acceptors (Lipinski definition) is 5. The lowest BCUT2D eigenvalue weighted by atomic mass is 9.85. The maximum absolute atomic E-state index is 12.8. The number of rotatable bonds is 14. The van der Waals surface area contributed by atoms with E-state index >= 15 is 0 Å². The zero-order valence-corrected chi connectivity index (χ0v) is 20.0. The molecule has 0 bridgehead atoms. The Kier molecular flexibility index (Phi) is 11.7. The van der Waals surface area contributed by atoms with Crippen LogP contribution in [0.25, 0.3) is 0 Å². The number of amides is 2. The van der Waals surface area contributed by atoms with Crippen LogP contribution in [0.15, 0.2) is 24.3 Å². The first kappa shape index (κ1) is 28.2. The van der Waals surface area contributed by atoms with Gasteiger partial charge in [0.1, 0.15) is 11.8 Å². The van der Waals surface area contributed by atoms with Gasteiger partial charge in [0.15, 0.2) is 0 Å². The van der Waals surface area contributed by atoms with Gasteiger partial charge in [0, 0.05) is 17.5 Å². The summed E-state index contributed by atoms with van der Waals surface area (Å²) >= 11 is 5.83. The standard InChI is InChI=1S/C23H33ClN2O7/c1-23(2,3)20(22(32)25-12-11-18(27)28)26-21(31)15(14-19(29)30)6-4-5-13-33-17-9-7-16(24)8-10-17/h7-10,15,20H,4-6,11-14H2,1-3H3,(H,25,32)(H,26,31)(H,27,28)(H,29,30)/t15-,20-/m1/s1. The van der Waals surface area contributed by atoms with Crippen molar-refractivity contribution in [2.75, 3.05) is 13.2 Å². The van der Waals surface area contributed by atoms with Gasteiger partial charge in [-0.3, -0.25) is 19.2 Å². The van der Waals surface area contributed by atoms with Gasteiger partial charge in [0.25, 0.3) is 0 Å². The lowest BCUT2D eigenvalue weighted by Crippen LogP contribution is -2.55. The lowest BCUT2D eigenvalue weighted by molar-refractivity contribution is -0.142. The third kappa shape index (κ3) is 11.6. The van der Waals surface area contributed by atoms with Crippen molar-refractivity contribution >= 4 is 35.4 Å². The summed E-state index contributed by atoms with van der Waals surface area (Å²) in [5.41, 5.74) is -0.664. The Morgan fingerprint density at radius 1 is 1.00 bits per heavy atom. The molecule has 0 spiro atoms. The number of nitrogens with one attached hydrogen (secondary N) is 2. The topological polar surface area (TPSA) is 142 Å². The van der Waals surface area contributed by atoms with Crippen molar-refractivity contribution in [2.45, 2.75) is 58.9 Å². The predicted octanol–water partition coefficient (Wildman–Crippen LogP) is 3.10. The minimum absolute atomic E-state index is 0.0667. The fourth-order valence-electron chi connectivity index (χ4n) is 3.08. The highest BCUT2D eigenvalue weighted by Crippen LogP contribution is 2.22. The number of unbranched alkanes of at least 4 members (excludes halogenated alkanes) is 1. The second kappa shape index (κ2) is 13.7. The molecule has 0 fully saturated rings. The molecule has 2 amide bonds. The number of halogens is 1. The van der Waals surface area contributed by atoms with Crippen LogP contribution in [0.3, 0.4) is 0 Å². The molecule has 0 heterocycles. The van der Waals surface area contributed by atoms with E-state index in [1.54, 1.807) is 45.0 Å². The van der Waals surface area contributed by atoms with E-state index in [9.17, 15) is 24.3 Å². The van der Waals surface area contributed by atoms with Crippen LogP contribution in [-0.2, 0) is 19.2 Å². The summed E-state index contributed by atoms with van der Waals surface area (Å²) in [7, 11) is 0. The maximum Gasteiger partial charge on any atom is 0.305 e. The smallest absolute Gasteiger partial charge is 0.305 e. The highest BCUT2D eigenvalue weighted by Gasteiger charge is 2.34. The van der Waals surface area contributed by atoms with Crippen molar-refractivity contribution in [3.8, 4) is 5.75 Å². The van der Waals surface area contributed by atoms with E-state index in [0.717, 1.165) is 0 Å². The van der Waals surface area contributed by atoms with Gasteiger partial charge in [-0.1, -0.05) is 32.4 Å². The predicted molar refractivity (Wildman–Crippen MR) is 123 cm³/mol. The number of hydrogen-bond donors (Lipinski definition) is 4. The molecule has 0 radical (unpaired) electrons. The molecule has 0 aromatic heterocycles. The molecular formula is C23H33ClN2O7. The van der Waals surface area contributed by atoms with Crippen LogP contribution in [0.4, 0.5) is 0 Å². The molecule has 0 aliphatic heterocycles. The number of carbonyl (C=O) groups is 4. The van der Waals surface area contributed by atoms with Crippen LogP contribution in [0.1, 0.15) is 52.9 Å². The number of carbonyl (C=O) groups excluding carboxylic acids is 2. The van der Waals surface area contributed by atoms with Crippen LogP contribution in [0.5, 0.6) is 5.75 Å². The van der Waals surface area contributed by atoms with Crippen LogP contribution in [0, 0.1) is 11.3 Å². The molecule has 0 aliphatic rings. The second-order valence-electron chi connectivity index (χ2n) is 8.84. The average Bonchev–Trinajstić information content (AvgIpc) is 2.70. The molecule has 10 heteroatoms. The highest BCUT2D eigenvalue weighted by molar-refractivity contribution is 6.30. The fraction of sp³-hybridized carbons (Fsp3) is 0.565. The van der Waals surface area contributed by atoms with Gasteiger partial charge < -0.3 is 25.6 Å². The summed E-state index contributed by atoms with van der Waals surface area (Å²) in [5.74, 6) is -3.33. The molecule has 1 aromatic carbocycles. The quantitative estimate of drug-likeness (QED) is 0.297. The first-order valence-corrected chi connectivity index (χ1v) is 11.2. The van der Waals surface area contributed by atoms with Crippen LogP contribution in [0.2, 0.25) is 5.02 Å². The van der Waals surface area contributed by atoms with Gasteiger partial charge >= 0.3 is 11.9 Å². The van der Waals surface area contributed by atoms with Crippen molar-refractivity contribution in [2.24, 2.45) is 11.3 Å². The zero-order valence-electron chi connectivity index (χ0n) is 19.2. The van der Waals surface area contributed by atoms with Gasteiger partial charge in [-0.2, -0.15) is 0 Å². The number of ether oxygens (including phenoxy) is 1. The number of carboxylic acids is 2. The minimum Gasteiger partial charge on any atom is -0.494 e. The number of benzene rings is 1. The van der Waals surface area contributed by atoms with E-state index in [1.165, 1.54) is 0 Å². The van der Waals surface area contributed by atoms with E-state index in [-0.39, 0.29) is 19.4 Å². The van der Waals surface area contributed by atoms with E-state index in [2.05, 4.69) is 10.6 Å². The van der Waals surface area contributed by atoms with Crippen LogP contribution >= 0.6 is 11.6 Å².